The van der Waals surface area contributed by atoms with E-state index in [0.29, 0.717) is 17.9 Å². The van der Waals surface area contributed by atoms with Gasteiger partial charge in [0.1, 0.15) is 11.3 Å². The van der Waals surface area contributed by atoms with E-state index >= 15 is 0 Å². The van der Waals surface area contributed by atoms with Crippen molar-refractivity contribution in [2.75, 3.05) is 13.7 Å². The summed E-state index contributed by atoms with van der Waals surface area (Å²) in [5.74, 6) is -0.831. The average molecular weight is 260 g/mol. The van der Waals surface area contributed by atoms with Gasteiger partial charge in [0.15, 0.2) is 0 Å². The Labute approximate surface area is 111 Å². The zero-order chi connectivity index (χ0) is 13.8. The third-order valence-corrected chi connectivity index (χ3v) is 3.05. The molecule has 2 rings (SSSR count). The van der Waals surface area contributed by atoms with E-state index in [1.165, 1.54) is 0 Å². The second kappa shape index (κ2) is 5.67. The molecule has 0 saturated heterocycles. The van der Waals surface area contributed by atoms with Crippen LogP contribution in [0.3, 0.4) is 0 Å². The molecule has 0 saturated carbocycles. The average Bonchev–Trinajstić information content (AvgIpc) is 2.43. The summed E-state index contributed by atoms with van der Waals surface area (Å²) >= 11 is 0. The molecule has 5 heteroatoms. The van der Waals surface area contributed by atoms with E-state index in [4.69, 9.17) is 15.6 Å². The highest BCUT2D eigenvalue weighted by molar-refractivity contribution is 5.84. The molecular formula is C14H16N2O3. The number of methoxy groups -OCH3 is 1. The Hall–Kier alpha value is -2.14. The number of hydrogen-bond donors (Lipinski definition) is 2. The van der Waals surface area contributed by atoms with Gasteiger partial charge in [-0.1, -0.05) is 18.2 Å². The first-order valence-electron chi connectivity index (χ1n) is 6.01. The number of carboxylic acid groups (broad SMARTS) is 1. The molecule has 19 heavy (non-hydrogen) atoms. The minimum atomic E-state index is -0.899. The maximum absolute atomic E-state index is 11.0. The number of carboxylic acids is 1. The van der Waals surface area contributed by atoms with Gasteiger partial charge in [-0.05, 0) is 12.1 Å². The normalized spacial score (nSPS) is 12.3. The van der Waals surface area contributed by atoms with Crippen LogP contribution in [0.15, 0.2) is 30.3 Å². The van der Waals surface area contributed by atoms with Crippen LogP contribution in [0.5, 0.6) is 5.75 Å². The van der Waals surface area contributed by atoms with Gasteiger partial charge in [0, 0.05) is 24.0 Å². The summed E-state index contributed by atoms with van der Waals surface area (Å²) in [7, 11) is 1.59. The van der Waals surface area contributed by atoms with E-state index in [2.05, 4.69) is 4.98 Å². The molecule has 0 aliphatic heterocycles. The van der Waals surface area contributed by atoms with Gasteiger partial charge in [0.05, 0.1) is 13.0 Å². The number of hydrogen-bond acceptors (Lipinski definition) is 4. The molecule has 1 aromatic heterocycles. The number of nitrogens with two attached hydrogens (primary N) is 1. The van der Waals surface area contributed by atoms with E-state index in [0.717, 1.165) is 10.9 Å². The van der Waals surface area contributed by atoms with E-state index in [1.54, 1.807) is 7.11 Å². The second-order valence-corrected chi connectivity index (χ2v) is 4.31. The molecular weight excluding hydrogens is 244 g/mol. The number of aliphatic carboxylic acids is 1. The third kappa shape index (κ3) is 2.82. The van der Waals surface area contributed by atoms with Crippen LogP contribution in [0.1, 0.15) is 5.69 Å². The van der Waals surface area contributed by atoms with Gasteiger partial charge in [-0.2, -0.15) is 0 Å². The lowest BCUT2D eigenvalue weighted by Gasteiger charge is -2.10. The van der Waals surface area contributed by atoms with E-state index < -0.39 is 11.9 Å². The van der Waals surface area contributed by atoms with E-state index in [9.17, 15) is 4.79 Å². The van der Waals surface area contributed by atoms with Gasteiger partial charge >= 0.3 is 5.97 Å². The number of ether oxygens (including phenoxy) is 1. The van der Waals surface area contributed by atoms with Gasteiger partial charge in [0.2, 0.25) is 0 Å². The lowest BCUT2D eigenvalue weighted by Crippen LogP contribution is -2.25. The highest BCUT2D eigenvalue weighted by atomic mass is 16.5. The predicted octanol–water partition coefficient (Wildman–Crippen LogP) is 1.45. The van der Waals surface area contributed by atoms with Crippen LogP contribution in [0, 0.1) is 5.92 Å². The third-order valence-electron chi connectivity index (χ3n) is 3.05. The molecule has 0 aliphatic carbocycles. The van der Waals surface area contributed by atoms with Crippen molar-refractivity contribution in [3.8, 4) is 5.75 Å². The monoisotopic (exact) mass is 260 g/mol. The fourth-order valence-corrected chi connectivity index (χ4v) is 1.96. The number of rotatable bonds is 5. The largest absolute Gasteiger partial charge is 0.494 e. The number of pyridine rings is 1. The first-order valence-corrected chi connectivity index (χ1v) is 6.01. The number of para-hydroxylation sites is 1. The van der Waals surface area contributed by atoms with Crippen molar-refractivity contribution in [3.05, 3.63) is 36.0 Å². The summed E-state index contributed by atoms with van der Waals surface area (Å²) < 4.78 is 5.26. The van der Waals surface area contributed by atoms with Gasteiger partial charge < -0.3 is 15.6 Å². The highest BCUT2D eigenvalue weighted by Gasteiger charge is 2.17. The van der Waals surface area contributed by atoms with Crippen LogP contribution in [0.25, 0.3) is 10.9 Å². The van der Waals surface area contributed by atoms with Gasteiger partial charge in [-0.15, -0.1) is 0 Å². The van der Waals surface area contributed by atoms with Crippen molar-refractivity contribution in [1.29, 1.82) is 0 Å². The molecule has 5 nitrogen and oxygen atoms in total. The Morgan fingerprint density at radius 1 is 1.42 bits per heavy atom. The molecule has 0 spiro atoms. The molecule has 3 N–H and O–H groups in total. The standard InChI is InChI=1S/C14H16N2O3/c1-19-12-4-2-3-9-5-6-11(16-13(9)12)7-10(8-15)14(17)18/h2-6,10H,7-8,15H2,1H3,(H,17,18). The summed E-state index contributed by atoms with van der Waals surface area (Å²) in [4.78, 5) is 15.5. The van der Waals surface area contributed by atoms with Crippen molar-refractivity contribution < 1.29 is 14.6 Å². The number of aromatic nitrogens is 1. The summed E-state index contributed by atoms with van der Waals surface area (Å²) in [5.41, 5.74) is 6.90. The topological polar surface area (TPSA) is 85.4 Å². The number of benzene rings is 1. The molecule has 0 bridgehead atoms. The van der Waals surface area contributed by atoms with Crippen LogP contribution in [0.4, 0.5) is 0 Å². The van der Waals surface area contributed by atoms with Crippen molar-refractivity contribution in [1.82, 2.24) is 4.98 Å². The molecule has 1 unspecified atom stereocenters. The number of nitrogens with zero attached hydrogens (tertiary/aromatic N) is 1. The maximum atomic E-state index is 11.0. The first kappa shape index (κ1) is 13.3. The van der Waals surface area contributed by atoms with Crippen LogP contribution >= 0.6 is 0 Å². The van der Waals surface area contributed by atoms with Gasteiger partial charge in [-0.25, -0.2) is 4.98 Å². The van der Waals surface area contributed by atoms with Crippen molar-refractivity contribution in [2.24, 2.45) is 11.7 Å². The molecule has 1 aromatic carbocycles. The minimum absolute atomic E-state index is 0.0982. The SMILES string of the molecule is COc1cccc2ccc(CC(CN)C(=O)O)nc12. The zero-order valence-electron chi connectivity index (χ0n) is 10.7. The summed E-state index contributed by atoms with van der Waals surface area (Å²) in [6.45, 7) is 0.0982. The van der Waals surface area contributed by atoms with Crippen LogP contribution < -0.4 is 10.5 Å². The van der Waals surface area contributed by atoms with Crippen molar-refractivity contribution >= 4 is 16.9 Å². The van der Waals surface area contributed by atoms with E-state index in [1.807, 2.05) is 30.3 Å². The predicted molar refractivity (Wildman–Crippen MR) is 72.2 cm³/mol. The Balaban J connectivity index is 2.37. The summed E-state index contributed by atoms with van der Waals surface area (Å²) in [5, 5.41) is 9.98. The molecule has 0 amide bonds. The van der Waals surface area contributed by atoms with Crippen LogP contribution in [-0.2, 0) is 11.2 Å². The molecule has 1 atom stereocenters. The summed E-state index contributed by atoms with van der Waals surface area (Å²) in [6.07, 6.45) is 0.319. The lowest BCUT2D eigenvalue weighted by atomic mass is 10.0. The Bertz CT molecular complexity index is 598. The smallest absolute Gasteiger partial charge is 0.308 e. The number of fused-ring (bicyclic) bond motifs is 1. The number of carbonyl (C=O) groups is 1. The maximum Gasteiger partial charge on any atom is 0.308 e. The minimum Gasteiger partial charge on any atom is -0.494 e. The van der Waals surface area contributed by atoms with Crippen LogP contribution in [-0.4, -0.2) is 29.7 Å². The van der Waals surface area contributed by atoms with Gasteiger partial charge in [0.25, 0.3) is 0 Å². The molecule has 1 heterocycles. The Morgan fingerprint density at radius 3 is 2.84 bits per heavy atom. The van der Waals surface area contributed by atoms with Crippen molar-refractivity contribution in [2.45, 2.75) is 6.42 Å². The highest BCUT2D eigenvalue weighted by Crippen LogP contribution is 2.24. The summed E-state index contributed by atoms with van der Waals surface area (Å²) in [6, 6.07) is 9.40. The Morgan fingerprint density at radius 2 is 2.21 bits per heavy atom. The van der Waals surface area contributed by atoms with E-state index in [-0.39, 0.29) is 6.54 Å². The molecule has 0 aliphatic rings. The van der Waals surface area contributed by atoms with Crippen LogP contribution in [0.2, 0.25) is 0 Å². The van der Waals surface area contributed by atoms with Gasteiger partial charge in [-0.3, -0.25) is 4.79 Å². The quantitative estimate of drug-likeness (QED) is 0.849. The lowest BCUT2D eigenvalue weighted by molar-refractivity contribution is -0.141. The fourth-order valence-electron chi connectivity index (χ4n) is 1.96. The fraction of sp³-hybridized carbons (Fsp3) is 0.286. The Kier molecular flexibility index (Phi) is 3.97. The molecule has 0 radical (unpaired) electrons. The van der Waals surface area contributed by atoms with Crippen molar-refractivity contribution in [3.63, 3.8) is 0 Å². The second-order valence-electron chi connectivity index (χ2n) is 4.31. The molecule has 100 valence electrons. The first-order chi connectivity index (χ1) is 9.15. The molecule has 2 aromatic rings. The zero-order valence-corrected chi connectivity index (χ0v) is 10.7. The molecule has 0 fully saturated rings.